The maximum absolute atomic E-state index is 4.33. The van der Waals surface area contributed by atoms with Crippen molar-refractivity contribution in [2.75, 3.05) is 34.5 Å². The maximum atomic E-state index is 4.33. The Hall–Kier alpha value is -5.16. The van der Waals surface area contributed by atoms with Gasteiger partial charge < -0.3 is 0 Å². The monoisotopic (exact) mass is 1690 g/mol. The molecule has 0 atom stereocenters. The van der Waals surface area contributed by atoms with Crippen LogP contribution in [0.1, 0.15) is 138 Å². The number of unbranched alkanes of at least 4 members (excludes halogenated alkanes) is 10. The smallest absolute Gasteiger partial charge is 0.00723 e. The van der Waals surface area contributed by atoms with Gasteiger partial charge in [-0.3, -0.25) is 0 Å². The third kappa shape index (κ3) is 37.5. The number of thioether (sulfide) groups is 6. The number of thiol groups is 6. The fraction of sp³-hybridized carbons (Fsp3) is 0.273. The predicted octanol–water partition coefficient (Wildman–Crippen LogP) is 34.4. The van der Waals surface area contributed by atoms with E-state index < -0.39 is 0 Å². The Bertz CT molecular complexity index is 4360. The molecule has 0 heterocycles. The largest absolute Gasteiger partial charge is 0.143 e. The minimum absolute atomic E-state index is 1.00. The molecule has 0 N–H and O–H groups in total. The molecule has 0 saturated heterocycles. The van der Waals surface area contributed by atoms with Gasteiger partial charge in [-0.05, 0) is 279 Å². The van der Waals surface area contributed by atoms with E-state index in [0.717, 1.165) is 35.1 Å². The van der Waals surface area contributed by atoms with Crippen LogP contribution in [0.3, 0.4) is 0 Å². The summed E-state index contributed by atoms with van der Waals surface area (Å²) in [6.45, 7) is 13.4. The lowest BCUT2D eigenvalue weighted by molar-refractivity contribution is 0.659. The van der Waals surface area contributed by atoms with Crippen LogP contribution in [0.4, 0.5) is 0 Å². The molecule has 12 aromatic carbocycles. The summed E-state index contributed by atoms with van der Waals surface area (Å²) in [7, 11) is 0. The number of hydrogen-bond donors (Lipinski definition) is 6. The van der Waals surface area contributed by atoms with Crippen molar-refractivity contribution in [3.8, 4) is 66.8 Å². The van der Waals surface area contributed by atoms with Crippen LogP contribution in [0.2, 0.25) is 0 Å². The molecule has 0 aliphatic rings. The minimum Gasteiger partial charge on any atom is -0.143 e. The van der Waals surface area contributed by atoms with Crippen molar-refractivity contribution >= 4 is 146 Å². The van der Waals surface area contributed by atoms with Crippen molar-refractivity contribution in [3.63, 3.8) is 0 Å². The molecule has 0 unspecified atom stereocenters. The Morgan fingerprint density at radius 3 is 0.505 bits per heavy atom. The highest BCUT2D eigenvalue weighted by molar-refractivity contribution is 8.00. The Morgan fingerprint density at radius 1 is 0.153 bits per heavy atom. The number of benzene rings is 12. The Balaban J connectivity index is 0.000000185. The van der Waals surface area contributed by atoms with Crippen molar-refractivity contribution in [1.29, 1.82) is 0 Å². The summed E-state index contributed by atoms with van der Waals surface area (Å²) in [5.74, 6) is 7.21. The van der Waals surface area contributed by atoms with Crippen LogP contribution >= 0.6 is 146 Å². The van der Waals surface area contributed by atoms with Crippen LogP contribution < -0.4 is 0 Å². The molecule has 12 aromatic rings. The van der Waals surface area contributed by atoms with Crippen molar-refractivity contribution in [2.45, 2.75) is 197 Å². The topological polar surface area (TPSA) is 0 Å². The molecule has 582 valence electrons. The van der Waals surface area contributed by atoms with Crippen molar-refractivity contribution in [2.24, 2.45) is 0 Å². The average Bonchev–Trinajstić information content (AvgIpc) is 0.892. The first-order valence-corrected chi connectivity index (χ1v) is 48.0. The van der Waals surface area contributed by atoms with Gasteiger partial charge in [-0.25, -0.2) is 0 Å². The summed E-state index contributed by atoms with van der Waals surface area (Å²) in [5, 5.41) is 0. The fourth-order valence-corrected chi connectivity index (χ4v) is 17.3. The second-order valence-corrected chi connectivity index (χ2v) is 36.9. The molecule has 12 rings (SSSR count). The predicted molar refractivity (Wildman–Crippen MR) is 522 cm³/mol. The van der Waals surface area contributed by atoms with Gasteiger partial charge in [-0.1, -0.05) is 251 Å². The summed E-state index contributed by atoms with van der Waals surface area (Å²) in [6, 6.07) is 103. The SMILES string of the molecule is CCCCCCCSc1ccc(-c2ccc(S)cc2)cc1.CCCCCCSc1ccc(-c2ccc(S)cc2)cc1.CCCCCSc1ccc(-c2ccc(S)cc2)cc1.CCCCSc1ccc(-c2ccc(S)cc2)cc1.CCCSc1ccc(-c2ccc(S)cc2)cc1.CCSc1ccc(-c2ccc(S)cc2)cc1. The molecule has 0 aliphatic carbocycles. The lowest BCUT2D eigenvalue weighted by Gasteiger charge is -2.05. The molecule has 0 nitrogen and oxygen atoms in total. The van der Waals surface area contributed by atoms with Crippen molar-refractivity contribution < 1.29 is 0 Å². The maximum Gasteiger partial charge on any atom is 0.00723 e. The molecule has 0 saturated carbocycles. The Morgan fingerprint density at radius 2 is 0.306 bits per heavy atom. The molecular weight excluding hydrogens is 1570 g/mol. The second-order valence-electron chi connectivity index (χ2n) is 26.6. The van der Waals surface area contributed by atoms with Gasteiger partial charge >= 0.3 is 0 Å². The van der Waals surface area contributed by atoms with Crippen LogP contribution in [0, 0.1) is 0 Å². The molecule has 0 amide bonds. The van der Waals surface area contributed by atoms with E-state index in [2.05, 4.69) is 336 Å². The van der Waals surface area contributed by atoms with E-state index >= 15 is 0 Å². The van der Waals surface area contributed by atoms with Gasteiger partial charge in [0.05, 0.1) is 0 Å². The Kier molecular flexibility index (Phi) is 47.1. The van der Waals surface area contributed by atoms with E-state index in [1.54, 1.807) is 0 Å². The summed E-state index contributed by atoms with van der Waals surface area (Å²) in [6.07, 6.45) is 19.8. The molecule has 12 heteroatoms. The highest BCUT2D eigenvalue weighted by Gasteiger charge is 2.06. The molecule has 0 fully saturated rings. The zero-order valence-corrected chi connectivity index (χ0v) is 76.0. The lowest BCUT2D eigenvalue weighted by Crippen LogP contribution is -1.83. The molecule has 0 spiro atoms. The van der Waals surface area contributed by atoms with Gasteiger partial charge in [0.1, 0.15) is 0 Å². The summed E-state index contributed by atoms with van der Waals surface area (Å²) < 4.78 is 0. The third-order valence-electron chi connectivity index (χ3n) is 17.7. The Labute approximate surface area is 728 Å². The molecule has 0 radical (unpaired) electrons. The third-order valence-corrected chi connectivity index (χ3v) is 26.0. The quantitative estimate of drug-likeness (QED) is 0.0137. The molecule has 111 heavy (non-hydrogen) atoms. The van der Waals surface area contributed by atoms with Gasteiger partial charge in [0.2, 0.25) is 0 Å². The zero-order chi connectivity index (χ0) is 78.9. The van der Waals surface area contributed by atoms with E-state index in [9.17, 15) is 0 Å². The normalized spacial score (nSPS) is 10.6. The fourth-order valence-electron chi connectivity index (χ4n) is 11.3. The summed E-state index contributed by atoms with van der Waals surface area (Å²) >= 11 is 37.5. The van der Waals surface area contributed by atoms with Crippen LogP contribution in [0.15, 0.2) is 350 Å². The first-order valence-electron chi connectivity index (χ1n) is 39.4. The van der Waals surface area contributed by atoms with Crippen LogP contribution in [-0.4, -0.2) is 34.5 Å². The van der Waals surface area contributed by atoms with Gasteiger partial charge in [-0.2, -0.15) is 0 Å². The standard InChI is InChI=1S/C19H24S2.C18H22S2.C17H20S2.C16H18S2.C15H16S2.C14H14S2/c1-2-3-4-5-6-15-21-19-13-9-17(10-14-19)16-7-11-18(20)12-8-16;1-2-3-4-5-14-20-18-12-8-16(9-13-18)15-6-10-17(19)11-7-15;1-2-3-4-13-19-17-11-7-15(8-12-17)14-5-9-16(18)10-6-14;1-2-3-12-18-16-10-6-14(7-11-16)13-4-8-15(17)9-5-13;1-2-11-17-15-9-5-13(6-10-15)12-3-7-14(16)8-4-12;1-2-16-14-9-5-12(6-10-14)11-3-7-13(15)8-4-11/h7-14,20H,2-6,15H2,1H3;6-13,19H,2-5,14H2,1H3;5-12,18H,2-4,13H2,1H3;4-11,17H,2-3,12H2,1H3;3-10,16H,2,11H2,1H3;3-10,15H,2H2,1H3. The highest BCUT2D eigenvalue weighted by Crippen LogP contribution is 2.33. The molecule has 0 aromatic heterocycles. The first kappa shape index (κ1) is 93.0. The van der Waals surface area contributed by atoms with Crippen molar-refractivity contribution in [3.05, 3.63) is 291 Å². The summed E-state index contributed by atoms with van der Waals surface area (Å²) in [4.78, 5) is 14.2. The first-order chi connectivity index (χ1) is 54.3. The second kappa shape index (κ2) is 56.2. The zero-order valence-electron chi connectivity index (χ0n) is 65.7. The number of hydrogen-bond acceptors (Lipinski definition) is 12. The van der Waals surface area contributed by atoms with Gasteiger partial charge in [-0.15, -0.1) is 146 Å². The van der Waals surface area contributed by atoms with Gasteiger partial charge in [0.25, 0.3) is 0 Å². The van der Waals surface area contributed by atoms with E-state index in [1.165, 1.54) is 221 Å². The molecular formula is C99H114S12. The van der Waals surface area contributed by atoms with E-state index in [4.69, 9.17) is 0 Å². The number of rotatable bonds is 33. The average molecular weight is 1690 g/mol. The molecule has 0 aliphatic heterocycles. The minimum atomic E-state index is 1.00. The summed E-state index contributed by atoms with van der Waals surface area (Å²) in [5.41, 5.74) is 15.1. The van der Waals surface area contributed by atoms with Crippen LogP contribution in [-0.2, 0) is 0 Å². The van der Waals surface area contributed by atoms with Crippen LogP contribution in [0.5, 0.6) is 0 Å². The lowest BCUT2D eigenvalue weighted by atomic mass is 10.1. The molecule has 0 bridgehead atoms. The van der Waals surface area contributed by atoms with E-state index in [-0.39, 0.29) is 0 Å². The van der Waals surface area contributed by atoms with Crippen molar-refractivity contribution in [1.82, 2.24) is 0 Å². The van der Waals surface area contributed by atoms with E-state index in [1.807, 2.05) is 143 Å². The highest BCUT2D eigenvalue weighted by atomic mass is 32.2. The van der Waals surface area contributed by atoms with E-state index in [0.29, 0.717) is 0 Å². The van der Waals surface area contributed by atoms with Crippen LogP contribution in [0.25, 0.3) is 66.8 Å². The van der Waals surface area contributed by atoms with Gasteiger partial charge in [0.15, 0.2) is 0 Å². The van der Waals surface area contributed by atoms with Gasteiger partial charge in [0, 0.05) is 58.7 Å².